The Kier molecular flexibility index (Phi) is 3.78. The van der Waals surface area contributed by atoms with Crippen molar-refractivity contribution < 1.29 is 13.0 Å². The van der Waals surface area contributed by atoms with Crippen LogP contribution < -0.4 is 0 Å². The predicted molar refractivity (Wildman–Crippen MR) is 42.4 cm³/mol. The zero-order valence-corrected chi connectivity index (χ0v) is 7.55. The Labute approximate surface area is 71.1 Å². The van der Waals surface area contributed by atoms with Crippen molar-refractivity contribution >= 4 is 10.1 Å². The summed E-state index contributed by atoms with van der Waals surface area (Å²) in [5.41, 5.74) is 6.84. The molecule has 0 spiro atoms. The molecule has 0 bridgehead atoms. The van der Waals surface area contributed by atoms with Gasteiger partial charge in [-0.25, -0.2) is 13.9 Å². The van der Waals surface area contributed by atoms with Crippen LogP contribution in [0.5, 0.6) is 0 Å². The van der Waals surface area contributed by atoms with Gasteiger partial charge in [0, 0.05) is 4.91 Å². The summed E-state index contributed by atoms with van der Waals surface area (Å²) in [5, 5.41) is 3.01. The van der Waals surface area contributed by atoms with Crippen molar-refractivity contribution in [3.8, 4) is 0 Å². The molecule has 0 saturated heterocycles. The van der Waals surface area contributed by atoms with Gasteiger partial charge in [-0.2, -0.15) is 5.11 Å². The molecule has 0 radical (unpaired) electrons. The monoisotopic (exact) mass is 189 g/mol. The molecule has 0 aliphatic carbocycles. The molecule has 0 heterocycles. The molecule has 12 heavy (non-hydrogen) atoms. The molecule has 0 fully saturated rings. The topological polar surface area (TPSA) is 93.4 Å². The second kappa shape index (κ2) is 4.13. The lowest BCUT2D eigenvalue weighted by atomic mass is 10.4. The van der Waals surface area contributed by atoms with Gasteiger partial charge in [0.15, 0.2) is 0 Å². The first kappa shape index (κ1) is 11.0. The highest BCUT2D eigenvalue weighted by atomic mass is 32.2. The smallest absolute Gasteiger partial charge is 0.120 e. The lowest BCUT2D eigenvalue weighted by molar-refractivity contribution is 0.470. The van der Waals surface area contributed by atoms with Gasteiger partial charge in [-0.3, -0.25) is 0 Å². The van der Waals surface area contributed by atoms with Gasteiger partial charge in [0.25, 0.3) is 0 Å². The summed E-state index contributed by atoms with van der Waals surface area (Å²) in [7, 11) is -4.34. The molecule has 0 rings (SSSR count). The lowest BCUT2D eigenvalue weighted by Gasteiger charge is -2.04. The van der Waals surface area contributed by atoms with Gasteiger partial charge in [-0.15, -0.1) is 0 Å². The minimum absolute atomic E-state index is 0.287. The van der Waals surface area contributed by atoms with E-state index in [0.29, 0.717) is 5.70 Å². The van der Waals surface area contributed by atoms with Gasteiger partial charge in [0.05, 0.1) is 5.70 Å². The molecule has 0 aromatic carbocycles. The Balaban J connectivity index is 4.73. The van der Waals surface area contributed by atoms with Crippen LogP contribution in [0.1, 0.15) is 13.8 Å². The van der Waals surface area contributed by atoms with Crippen molar-refractivity contribution in [3.63, 3.8) is 0 Å². The highest BCUT2D eigenvalue weighted by molar-refractivity contribution is 7.89. The van der Waals surface area contributed by atoms with E-state index in [1.807, 2.05) is 0 Å². The van der Waals surface area contributed by atoms with Crippen LogP contribution in [-0.2, 0) is 10.1 Å². The van der Waals surface area contributed by atoms with Crippen LogP contribution in [0.2, 0.25) is 0 Å². The molecule has 0 aromatic heterocycles. The van der Waals surface area contributed by atoms with E-state index in [0.717, 1.165) is 6.08 Å². The molecule has 1 N–H and O–H groups in total. The van der Waals surface area contributed by atoms with Crippen molar-refractivity contribution in [2.45, 2.75) is 13.8 Å². The maximum atomic E-state index is 10.3. The third-order valence-corrected chi connectivity index (χ3v) is 2.05. The SMILES string of the molecule is C/C(=C\C=C(/C)S(=O)(=O)[O-])N=N. The Morgan fingerprint density at radius 1 is 1.42 bits per heavy atom. The summed E-state index contributed by atoms with van der Waals surface area (Å²) in [6.07, 6.45) is 2.41. The third kappa shape index (κ3) is 3.99. The van der Waals surface area contributed by atoms with Gasteiger partial charge in [0.2, 0.25) is 0 Å². The molecule has 0 saturated carbocycles. The van der Waals surface area contributed by atoms with E-state index in [-0.39, 0.29) is 4.91 Å². The van der Waals surface area contributed by atoms with Crippen molar-refractivity contribution in [1.29, 1.82) is 5.53 Å². The predicted octanol–water partition coefficient (Wildman–Crippen LogP) is 1.37. The number of allylic oxidation sites excluding steroid dienone is 4. The molecule has 6 heteroatoms. The summed E-state index contributed by atoms with van der Waals surface area (Å²) in [6, 6.07) is 0. The maximum absolute atomic E-state index is 10.3. The fourth-order valence-electron chi connectivity index (χ4n) is 0.359. The Hall–Kier alpha value is -1.01. The quantitative estimate of drug-likeness (QED) is 0.412. The molecule has 68 valence electrons. The number of hydrogen-bond donors (Lipinski definition) is 1. The first-order chi connectivity index (χ1) is 5.38. The summed E-state index contributed by atoms with van der Waals surface area (Å²) in [6.45, 7) is 2.71. The van der Waals surface area contributed by atoms with Crippen LogP contribution in [0.15, 0.2) is 27.9 Å². The van der Waals surface area contributed by atoms with Gasteiger partial charge in [-0.1, -0.05) is 0 Å². The number of nitrogens with one attached hydrogen (secondary N) is 1. The zero-order valence-electron chi connectivity index (χ0n) is 6.73. The van der Waals surface area contributed by atoms with Crippen LogP contribution in [0, 0.1) is 5.53 Å². The van der Waals surface area contributed by atoms with Crippen molar-refractivity contribution in [2.75, 3.05) is 0 Å². The lowest BCUT2D eigenvalue weighted by Crippen LogP contribution is -1.97. The van der Waals surface area contributed by atoms with E-state index in [9.17, 15) is 13.0 Å². The fourth-order valence-corrected chi connectivity index (χ4v) is 0.593. The normalized spacial score (nSPS) is 14.6. The standard InChI is InChI=1S/C6H10N2O3S/c1-5(8-7)3-4-6(2)12(9,10)11/h3-4,7H,1-2H3,(H,9,10,11)/p-1/b5-3+,6-4+,8-7?. The second-order valence-electron chi connectivity index (χ2n) is 2.15. The minimum Gasteiger partial charge on any atom is -0.744 e. The summed E-state index contributed by atoms with van der Waals surface area (Å²) in [5.74, 6) is 0. The number of nitrogens with zero attached hydrogens (tertiary/aromatic N) is 1. The zero-order chi connectivity index (χ0) is 9.78. The van der Waals surface area contributed by atoms with E-state index >= 15 is 0 Å². The van der Waals surface area contributed by atoms with Crippen molar-refractivity contribution in [3.05, 3.63) is 22.8 Å². The molecule has 0 aliphatic heterocycles. The van der Waals surface area contributed by atoms with Gasteiger partial charge < -0.3 is 4.55 Å². The summed E-state index contributed by atoms with van der Waals surface area (Å²) >= 11 is 0. The van der Waals surface area contributed by atoms with Crippen molar-refractivity contribution in [1.82, 2.24) is 0 Å². The summed E-state index contributed by atoms with van der Waals surface area (Å²) < 4.78 is 30.9. The Morgan fingerprint density at radius 2 is 1.92 bits per heavy atom. The minimum atomic E-state index is -4.34. The Morgan fingerprint density at radius 3 is 2.25 bits per heavy atom. The number of hydrogen-bond acceptors (Lipinski definition) is 5. The van der Waals surface area contributed by atoms with Crippen LogP contribution >= 0.6 is 0 Å². The van der Waals surface area contributed by atoms with E-state index in [1.165, 1.54) is 19.9 Å². The molecule has 0 amide bonds. The fraction of sp³-hybridized carbons (Fsp3) is 0.333. The molecule has 0 aliphatic rings. The van der Waals surface area contributed by atoms with Gasteiger partial charge in [0.1, 0.15) is 10.1 Å². The van der Waals surface area contributed by atoms with Crippen LogP contribution in [0.25, 0.3) is 0 Å². The molecule has 0 unspecified atom stereocenters. The first-order valence-electron chi connectivity index (χ1n) is 3.06. The van der Waals surface area contributed by atoms with Gasteiger partial charge >= 0.3 is 0 Å². The number of rotatable bonds is 3. The van der Waals surface area contributed by atoms with Gasteiger partial charge in [-0.05, 0) is 26.0 Å². The average molecular weight is 189 g/mol. The average Bonchev–Trinajstić information content (AvgIpc) is 1.97. The molecule has 5 nitrogen and oxygen atoms in total. The van der Waals surface area contributed by atoms with E-state index in [2.05, 4.69) is 5.11 Å². The largest absolute Gasteiger partial charge is 0.744 e. The first-order valence-corrected chi connectivity index (χ1v) is 4.47. The molecule has 0 aromatic rings. The highest BCUT2D eigenvalue weighted by Gasteiger charge is 1.95. The van der Waals surface area contributed by atoms with E-state index in [4.69, 9.17) is 5.53 Å². The van der Waals surface area contributed by atoms with Crippen LogP contribution in [-0.4, -0.2) is 13.0 Å². The molecular formula is C6H9N2O3S-. The maximum Gasteiger partial charge on any atom is 0.120 e. The second-order valence-corrected chi connectivity index (χ2v) is 3.70. The van der Waals surface area contributed by atoms with Crippen LogP contribution in [0.4, 0.5) is 0 Å². The van der Waals surface area contributed by atoms with Crippen molar-refractivity contribution in [2.24, 2.45) is 5.11 Å². The molecule has 0 atom stereocenters. The van der Waals surface area contributed by atoms with Crippen LogP contribution in [0.3, 0.4) is 0 Å². The molecular weight excluding hydrogens is 180 g/mol. The highest BCUT2D eigenvalue weighted by Crippen LogP contribution is 2.03. The third-order valence-electron chi connectivity index (χ3n) is 1.13. The van der Waals surface area contributed by atoms with E-state index < -0.39 is 10.1 Å². The summed E-state index contributed by atoms with van der Waals surface area (Å²) in [4.78, 5) is -0.287. The Bertz CT molecular complexity index is 327. The van der Waals surface area contributed by atoms with E-state index in [1.54, 1.807) is 0 Å².